The molecule has 1 aliphatic heterocycles. The van der Waals surface area contributed by atoms with E-state index in [1.165, 1.54) is 44.5 Å². The van der Waals surface area contributed by atoms with Crippen LogP contribution < -0.4 is 9.64 Å². The maximum absolute atomic E-state index is 7.03. The molecule has 5 nitrogen and oxygen atoms in total. The highest BCUT2D eigenvalue weighted by atomic mass is 16.5. The van der Waals surface area contributed by atoms with Crippen LogP contribution in [-0.2, 0) is 5.41 Å². The predicted molar refractivity (Wildman–Crippen MR) is 258 cm³/mol. The maximum Gasteiger partial charge on any atom is 0.236 e. The molecule has 64 heavy (non-hydrogen) atoms. The van der Waals surface area contributed by atoms with Crippen LogP contribution in [0.3, 0.4) is 0 Å². The van der Waals surface area contributed by atoms with E-state index in [1.54, 1.807) is 0 Å². The van der Waals surface area contributed by atoms with Gasteiger partial charge >= 0.3 is 0 Å². The highest BCUT2D eigenvalue weighted by Gasteiger charge is 2.52. The van der Waals surface area contributed by atoms with Gasteiger partial charge in [-0.2, -0.15) is 0 Å². The van der Waals surface area contributed by atoms with Crippen LogP contribution in [0.15, 0.2) is 218 Å². The molecule has 9 aromatic carbocycles. The van der Waals surface area contributed by atoms with Gasteiger partial charge in [-0.15, -0.1) is 0 Å². The van der Waals surface area contributed by atoms with E-state index >= 15 is 0 Å². The highest BCUT2D eigenvalue weighted by Crippen LogP contribution is 2.64. The number of fused-ring (bicyclic) bond motifs is 16. The van der Waals surface area contributed by atoms with Crippen molar-refractivity contribution < 1.29 is 4.74 Å². The zero-order valence-corrected chi connectivity index (χ0v) is 34.5. The molecule has 298 valence electrons. The van der Waals surface area contributed by atoms with Gasteiger partial charge in [0, 0.05) is 22.2 Å². The zero-order valence-electron chi connectivity index (χ0n) is 34.5. The van der Waals surface area contributed by atoms with E-state index in [1.807, 2.05) is 12.1 Å². The molecule has 11 aromatic rings. The number of anilines is 3. The van der Waals surface area contributed by atoms with Gasteiger partial charge in [0.2, 0.25) is 5.95 Å². The Morgan fingerprint density at radius 2 is 1.02 bits per heavy atom. The number of aromatic nitrogens is 3. The summed E-state index contributed by atoms with van der Waals surface area (Å²) in [6, 6.07) is 78.0. The smallest absolute Gasteiger partial charge is 0.236 e. The zero-order chi connectivity index (χ0) is 41.9. The summed E-state index contributed by atoms with van der Waals surface area (Å²) in [7, 11) is 0. The first kappa shape index (κ1) is 35.1. The van der Waals surface area contributed by atoms with Gasteiger partial charge in [-0.1, -0.05) is 170 Å². The fourth-order valence-electron chi connectivity index (χ4n) is 11.1. The largest absolute Gasteiger partial charge is 0.452 e. The lowest BCUT2D eigenvalue weighted by Crippen LogP contribution is -2.25. The molecule has 3 heterocycles. The molecule has 0 saturated heterocycles. The molecule has 0 saturated carbocycles. The maximum atomic E-state index is 7.03. The Balaban J connectivity index is 1.04. The van der Waals surface area contributed by atoms with Crippen molar-refractivity contribution in [2.24, 2.45) is 0 Å². The van der Waals surface area contributed by atoms with E-state index in [-0.39, 0.29) is 0 Å². The van der Waals surface area contributed by atoms with Crippen molar-refractivity contribution in [1.82, 2.24) is 14.5 Å². The minimum Gasteiger partial charge on any atom is -0.452 e. The van der Waals surface area contributed by atoms with Gasteiger partial charge in [0.05, 0.1) is 44.6 Å². The van der Waals surface area contributed by atoms with Crippen molar-refractivity contribution in [3.8, 4) is 62.0 Å². The first-order valence-corrected chi connectivity index (χ1v) is 21.8. The topological polar surface area (TPSA) is 43.2 Å². The predicted octanol–water partition coefficient (Wildman–Crippen LogP) is 14.8. The van der Waals surface area contributed by atoms with Gasteiger partial charge < -0.3 is 9.30 Å². The Morgan fingerprint density at radius 3 is 1.80 bits per heavy atom. The fourth-order valence-corrected chi connectivity index (χ4v) is 11.1. The van der Waals surface area contributed by atoms with Crippen molar-refractivity contribution in [3.63, 3.8) is 0 Å². The standard InChI is InChI=1S/C59H36N4O/c1-3-18-37(19-4-1)48-36-49(42-26-17-30-47-55(42)41-24-9-13-29-46(41)59(47)44-27-11-7-22-39(44)40-23-8-12-28-45(40)59)61-58(60-48)63-51-32-15-16-33-54(51)64-57-53(63)35-34-52-56(57)43-25-10-14-31-50(43)62(52)38-20-5-2-6-21-38/h1-36H. The lowest BCUT2D eigenvalue weighted by Gasteiger charge is -2.32. The normalized spacial score (nSPS) is 13.5. The molecule has 0 radical (unpaired) electrons. The Kier molecular flexibility index (Phi) is 7.26. The summed E-state index contributed by atoms with van der Waals surface area (Å²) in [5, 5.41) is 2.15. The first-order valence-electron chi connectivity index (χ1n) is 21.8. The van der Waals surface area contributed by atoms with Gasteiger partial charge in [0.15, 0.2) is 11.5 Å². The highest BCUT2D eigenvalue weighted by molar-refractivity contribution is 6.15. The second-order valence-electron chi connectivity index (χ2n) is 16.8. The molecule has 14 rings (SSSR count). The summed E-state index contributed by atoms with van der Waals surface area (Å²) in [6.07, 6.45) is 0. The molecule has 1 spiro atoms. The summed E-state index contributed by atoms with van der Waals surface area (Å²) in [4.78, 5) is 13.3. The van der Waals surface area contributed by atoms with Crippen molar-refractivity contribution in [3.05, 3.63) is 241 Å². The van der Waals surface area contributed by atoms with Crippen LogP contribution >= 0.6 is 0 Å². The number of ether oxygens (including phenoxy) is 1. The van der Waals surface area contributed by atoms with E-state index in [0.29, 0.717) is 5.95 Å². The molecule has 0 bridgehead atoms. The van der Waals surface area contributed by atoms with Crippen molar-refractivity contribution in [2.45, 2.75) is 5.41 Å². The Bertz CT molecular complexity index is 3680. The van der Waals surface area contributed by atoms with Crippen LogP contribution in [-0.4, -0.2) is 14.5 Å². The second-order valence-corrected chi connectivity index (χ2v) is 16.8. The van der Waals surface area contributed by atoms with Gasteiger partial charge in [-0.3, -0.25) is 4.90 Å². The van der Waals surface area contributed by atoms with E-state index in [4.69, 9.17) is 14.7 Å². The Labute approximate surface area is 369 Å². The fraction of sp³-hybridized carbons (Fsp3) is 0.0169. The minimum atomic E-state index is -0.473. The molecule has 2 aliphatic carbocycles. The van der Waals surface area contributed by atoms with Gasteiger partial charge in [0.1, 0.15) is 0 Å². The third-order valence-electron chi connectivity index (χ3n) is 13.6. The average molecular weight is 817 g/mol. The molecule has 2 aromatic heterocycles. The monoisotopic (exact) mass is 816 g/mol. The molecular formula is C59H36N4O. The van der Waals surface area contributed by atoms with Crippen molar-refractivity contribution >= 4 is 39.1 Å². The number of benzene rings is 9. The number of hydrogen-bond acceptors (Lipinski definition) is 4. The van der Waals surface area contributed by atoms with Crippen LogP contribution in [0.2, 0.25) is 0 Å². The van der Waals surface area contributed by atoms with Gasteiger partial charge in [0.25, 0.3) is 0 Å². The summed E-state index contributed by atoms with van der Waals surface area (Å²) in [5.41, 5.74) is 18.5. The van der Waals surface area contributed by atoms with E-state index in [0.717, 1.165) is 72.9 Å². The average Bonchev–Trinajstić information content (AvgIpc) is 3.98. The lowest BCUT2D eigenvalue weighted by molar-refractivity contribution is 0.482. The molecule has 0 atom stereocenters. The van der Waals surface area contributed by atoms with Gasteiger partial charge in [-0.25, -0.2) is 9.97 Å². The van der Waals surface area contributed by atoms with Crippen LogP contribution in [0, 0.1) is 0 Å². The van der Waals surface area contributed by atoms with E-state index < -0.39 is 5.41 Å². The summed E-state index contributed by atoms with van der Waals surface area (Å²) < 4.78 is 9.35. The van der Waals surface area contributed by atoms with Crippen molar-refractivity contribution in [2.75, 3.05) is 4.90 Å². The molecular weight excluding hydrogens is 781 g/mol. The third-order valence-corrected chi connectivity index (χ3v) is 13.6. The number of para-hydroxylation sites is 4. The van der Waals surface area contributed by atoms with E-state index in [2.05, 4.69) is 216 Å². The number of rotatable bonds is 4. The van der Waals surface area contributed by atoms with E-state index in [9.17, 15) is 0 Å². The Hall–Kier alpha value is -8.54. The van der Waals surface area contributed by atoms with Crippen molar-refractivity contribution in [1.29, 1.82) is 0 Å². The molecule has 0 N–H and O–H groups in total. The summed E-state index contributed by atoms with van der Waals surface area (Å²) >= 11 is 0. The molecule has 3 aliphatic rings. The second kappa shape index (κ2) is 13.2. The SMILES string of the molecule is c1ccc(-c2cc(-c3cccc4c3-c3ccccc3C43c4ccccc4-c4ccccc43)nc(N3c4ccccc4Oc4c3ccc3c4c4ccccc4n3-c3ccccc3)n2)cc1. The number of hydrogen-bond donors (Lipinski definition) is 0. The van der Waals surface area contributed by atoms with Crippen LogP contribution in [0.4, 0.5) is 17.3 Å². The quantitative estimate of drug-likeness (QED) is 0.177. The first-order chi connectivity index (χ1) is 31.8. The Morgan fingerprint density at radius 1 is 0.422 bits per heavy atom. The third kappa shape index (κ3) is 4.67. The molecule has 0 fully saturated rings. The molecule has 0 unspecified atom stereocenters. The minimum absolute atomic E-state index is 0.473. The van der Waals surface area contributed by atoms with Crippen LogP contribution in [0.25, 0.3) is 72.3 Å². The molecule has 5 heteroatoms. The van der Waals surface area contributed by atoms with Crippen LogP contribution in [0.5, 0.6) is 11.5 Å². The molecule has 0 amide bonds. The lowest BCUT2D eigenvalue weighted by atomic mass is 9.70. The van der Waals surface area contributed by atoms with Gasteiger partial charge in [-0.05, 0) is 93.0 Å². The number of nitrogens with zero attached hydrogens (tertiary/aromatic N) is 4. The van der Waals surface area contributed by atoms with Crippen LogP contribution in [0.1, 0.15) is 22.3 Å². The summed E-state index contributed by atoms with van der Waals surface area (Å²) in [5.74, 6) is 2.08. The summed E-state index contributed by atoms with van der Waals surface area (Å²) in [6.45, 7) is 0.